The number of nitrogens with zero attached hydrogens (tertiary/aromatic N) is 2. The van der Waals surface area contributed by atoms with Crippen LogP contribution in [0.25, 0.3) is 0 Å². The molecule has 2 aromatic heterocycles. The molecule has 0 amide bonds. The normalized spacial score (nSPS) is 13.3. The Morgan fingerprint density at radius 2 is 1.21 bits per heavy atom. The van der Waals surface area contributed by atoms with Crippen molar-refractivity contribution in [2.45, 2.75) is 51.7 Å². The van der Waals surface area contributed by atoms with Crippen LogP contribution in [-0.2, 0) is 41.9 Å². The first-order chi connectivity index (χ1) is 18.2. The third-order valence-electron chi connectivity index (χ3n) is 5.01. The summed E-state index contributed by atoms with van der Waals surface area (Å²) in [5.74, 6) is -0.523. The number of hydrogen-bond acceptors (Lipinski definition) is 9. The molecule has 2 aliphatic carbocycles. The summed E-state index contributed by atoms with van der Waals surface area (Å²) in [5, 5.41) is 8.51. The number of rotatable bonds is 9. The van der Waals surface area contributed by atoms with Crippen molar-refractivity contribution in [3.8, 4) is 0 Å². The molecule has 0 bridgehead atoms. The van der Waals surface area contributed by atoms with Gasteiger partial charge in [0.1, 0.15) is 31.0 Å². The quantitative estimate of drug-likeness (QED) is 0.225. The van der Waals surface area contributed by atoms with Gasteiger partial charge in [0.2, 0.25) is 0 Å². The molecule has 38 heavy (non-hydrogen) atoms. The van der Waals surface area contributed by atoms with Crippen LogP contribution in [0.1, 0.15) is 49.7 Å². The summed E-state index contributed by atoms with van der Waals surface area (Å²) in [4.78, 5) is 51.6. The topological polar surface area (TPSA) is 133 Å². The fourth-order valence-corrected chi connectivity index (χ4v) is 2.64. The summed E-state index contributed by atoms with van der Waals surface area (Å²) in [5.41, 5.74) is 1.78. The minimum atomic E-state index is -2.18. The van der Waals surface area contributed by atoms with Crippen molar-refractivity contribution in [1.82, 2.24) is 9.97 Å². The fourth-order valence-electron chi connectivity index (χ4n) is 2.64. The Hall–Kier alpha value is -1.71. The van der Waals surface area contributed by atoms with Crippen LogP contribution >= 0.6 is 25.5 Å². The molecule has 208 valence electrons. The standard InChI is InChI=1S/C12H13NO3.C7H10O3.C6H7NO.Bi.3ClH/c14-11(10-1-2-10)7-12(15)16-8-9-3-5-13-6-4-9;1-10-7(9)4-6(8)5-2-3-5;8-5-6-1-3-7-4-2-6;;;;/h3-6,10H,1-2,7-8H2;5H,2-4H2,1H3;1-4,8H,5H2;;3*1H/q;;;+3;;;/p-3. The van der Waals surface area contributed by atoms with E-state index < -0.39 is 30.1 Å². The van der Waals surface area contributed by atoms with E-state index in [1.165, 1.54) is 7.11 Å². The van der Waals surface area contributed by atoms with Crippen LogP contribution in [0, 0.1) is 11.8 Å². The molecule has 0 unspecified atom stereocenters. The molecular formula is C25H30BiCl3N2O7. The first-order valence-electron chi connectivity index (χ1n) is 11.6. The van der Waals surface area contributed by atoms with Crippen LogP contribution in [0.15, 0.2) is 49.1 Å². The van der Waals surface area contributed by atoms with E-state index >= 15 is 0 Å². The number of ether oxygens (including phenoxy) is 2. The van der Waals surface area contributed by atoms with E-state index in [4.69, 9.17) is 35.4 Å². The summed E-state index contributed by atoms with van der Waals surface area (Å²) in [7, 11) is 16.3. The first-order valence-corrected chi connectivity index (χ1v) is 24.4. The number of aliphatic hydroxyl groups excluding tert-OH is 1. The number of ketones is 2. The van der Waals surface area contributed by atoms with Gasteiger partial charge in [0, 0.05) is 36.6 Å². The summed E-state index contributed by atoms with van der Waals surface area (Å²) in [6, 6.07) is 7.10. The van der Waals surface area contributed by atoms with Gasteiger partial charge in [-0.25, -0.2) is 0 Å². The molecule has 0 saturated heterocycles. The number of halogens is 3. The molecule has 2 fully saturated rings. The van der Waals surface area contributed by atoms with Gasteiger partial charge < -0.3 is 14.6 Å². The number of pyridine rings is 2. The summed E-state index contributed by atoms with van der Waals surface area (Å²) >= 11 is -2.18. The Morgan fingerprint density at radius 1 is 0.816 bits per heavy atom. The number of aromatic nitrogens is 2. The van der Waals surface area contributed by atoms with E-state index in [2.05, 4.69) is 14.7 Å². The fraction of sp³-hybridized carbons (Fsp3) is 0.440. The molecule has 0 atom stereocenters. The van der Waals surface area contributed by atoms with Crippen LogP contribution in [0.5, 0.6) is 0 Å². The van der Waals surface area contributed by atoms with Crippen LogP contribution in [0.4, 0.5) is 0 Å². The predicted molar refractivity (Wildman–Crippen MR) is 144 cm³/mol. The third-order valence-corrected chi connectivity index (χ3v) is 5.01. The second-order valence-corrected chi connectivity index (χ2v) is 23.1. The first kappa shape index (κ1) is 34.3. The van der Waals surface area contributed by atoms with Crippen LogP contribution in [-0.4, -0.2) is 63.9 Å². The second kappa shape index (κ2) is 20.2. The van der Waals surface area contributed by atoms with E-state index in [1.54, 1.807) is 49.1 Å². The Labute approximate surface area is 240 Å². The third kappa shape index (κ3) is 18.5. The SMILES string of the molecule is COC(=O)CC(=O)C1CC1.O=C(CC(=O)C1CC1)OCc1ccncc1.OCc1ccncc1.[Cl][Bi]([Cl])[Cl]. The van der Waals surface area contributed by atoms with Crippen LogP contribution in [0.3, 0.4) is 0 Å². The van der Waals surface area contributed by atoms with Crippen LogP contribution in [0.2, 0.25) is 0 Å². The second-order valence-electron chi connectivity index (χ2n) is 8.13. The van der Waals surface area contributed by atoms with Gasteiger partial charge in [-0.3, -0.25) is 29.1 Å². The number of methoxy groups -OCH3 is 1. The zero-order chi connectivity index (χ0) is 28.3. The van der Waals surface area contributed by atoms with Crippen molar-refractivity contribution in [2.75, 3.05) is 7.11 Å². The monoisotopic (exact) mass is 784 g/mol. The number of carbonyl (C=O) groups is 4. The summed E-state index contributed by atoms with van der Waals surface area (Å²) < 4.78 is 9.33. The van der Waals surface area contributed by atoms with Crippen molar-refractivity contribution in [3.63, 3.8) is 0 Å². The molecule has 0 spiro atoms. The number of esters is 2. The van der Waals surface area contributed by atoms with Crippen LogP contribution < -0.4 is 0 Å². The maximum absolute atomic E-state index is 11.3. The van der Waals surface area contributed by atoms with Crippen molar-refractivity contribution < 1.29 is 33.8 Å². The van der Waals surface area contributed by atoms with Gasteiger partial charge in [-0.05, 0) is 61.1 Å². The molecule has 9 nitrogen and oxygen atoms in total. The maximum atomic E-state index is 11.3. The van der Waals surface area contributed by atoms with E-state index in [1.807, 2.05) is 0 Å². The van der Waals surface area contributed by atoms with Gasteiger partial charge >= 0.3 is 55.6 Å². The Bertz CT molecular complexity index is 990. The molecule has 0 aromatic carbocycles. The van der Waals surface area contributed by atoms with Gasteiger partial charge in [0.15, 0.2) is 0 Å². The molecule has 13 heteroatoms. The van der Waals surface area contributed by atoms with Gasteiger partial charge in [0.25, 0.3) is 0 Å². The Balaban J connectivity index is 0.000000282. The summed E-state index contributed by atoms with van der Waals surface area (Å²) in [6.07, 6.45) is 10.2. The average Bonchev–Trinajstić information content (AvgIpc) is 3.81. The van der Waals surface area contributed by atoms with Gasteiger partial charge in [0.05, 0.1) is 13.7 Å². The Kier molecular flexibility index (Phi) is 18.3. The summed E-state index contributed by atoms with van der Waals surface area (Å²) in [6.45, 7) is 0.307. The molecular weight excluding hydrogens is 756 g/mol. The van der Waals surface area contributed by atoms with E-state index in [-0.39, 0.29) is 49.5 Å². The number of carbonyl (C=O) groups excluding carboxylic acids is 4. The Morgan fingerprint density at radius 3 is 1.55 bits per heavy atom. The van der Waals surface area contributed by atoms with E-state index in [9.17, 15) is 19.2 Å². The number of Topliss-reactive ketones (excluding diaryl/α,β-unsaturated/α-hetero) is 2. The van der Waals surface area contributed by atoms with Gasteiger partial charge in [-0.15, -0.1) is 0 Å². The number of hydrogen-bond donors (Lipinski definition) is 1. The number of aliphatic hydroxyl groups is 1. The predicted octanol–water partition coefficient (Wildman–Crippen LogP) is 4.28. The molecule has 2 aliphatic rings. The molecule has 0 radical (unpaired) electrons. The van der Waals surface area contributed by atoms with Crippen molar-refractivity contribution in [3.05, 3.63) is 60.2 Å². The molecule has 2 saturated carbocycles. The molecule has 4 rings (SSSR count). The van der Waals surface area contributed by atoms with E-state index in [0.717, 1.165) is 36.8 Å². The molecule has 2 heterocycles. The minimum absolute atomic E-state index is 0.0136. The van der Waals surface area contributed by atoms with Gasteiger partial charge in [-0.1, -0.05) is 0 Å². The zero-order valence-corrected chi connectivity index (χ0v) is 26.5. The molecule has 0 aliphatic heterocycles. The zero-order valence-electron chi connectivity index (χ0n) is 20.8. The average molecular weight is 786 g/mol. The molecule has 2 aromatic rings. The van der Waals surface area contributed by atoms with Crippen molar-refractivity contribution in [2.24, 2.45) is 11.8 Å². The van der Waals surface area contributed by atoms with E-state index in [0.29, 0.717) is 0 Å². The molecule has 1 N–H and O–H groups in total. The van der Waals surface area contributed by atoms with Crippen molar-refractivity contribution in [1.29, 1.82) is 0 Å². The van der Waals surface area contributed by atoms with Crippen molar-refractivity contribution >= 4 is 67.2 Å². The van der Waals surface area contributed by atoms with Gasteiger partial charge in [-0.2, -0.15) is 0 Å².